The second kappa shape index (κ2) is 5.59. The number of nitrogens with zero attached hydrogens (tertiary/aromatic N) is 5. The van der Waals surface area contributed by atoms with Crippen molar-refractivity contribution in [1.29, 1.82) is 0 Å². The van der Waals surface area contributed by atoms with Gasteiger partial charge in [0.2, 0.25) is 5.88 Å². The van der Waals surface area contributed by atoms with Crippen LogP contribution in [0.2, 0.25) is 0 Å². The van der Waals surface area contributed by atoms with Gasteiger partial charge < -0.3 is 9.47 Å². The quantitative estimate of drug-likeness (QED) is 0.570. The number of aryl methyl sites for hydroxylation is 1. The van der Waals surface area contributed by atoms with Gasteiger partial charge in [0.1, 0.15) is 11.4 Å². The predicted octanol–water partition coefficient (Wildman–Crippen LogP) is 2.74. The maximum atomic E-state index is 5.73. The van der Waals surface area contributed by atoms with Gasteiger partial charge in [-0.15, -0.1) is 5.10 Å². The lowest BCUT2D eigenvalue weighted by atomic mass is 10.0. The van der Waals surface area contributed by atoms with E-state index in [0.717, 1.165) is 46.9 Å². The Morgan fingerprint density at radius 3 is 2.88 bits per heavy atom. The second-order valence-electron chi connectivity index (χ2n) is 6.28. The normalized spacial score (nSPS) is 13.0. The number of methoxy groups -OCH3 is 1. The molecule has 7 nitrogen and oxygen atoms in total. The van der Waals surface area contributed by atoms with E-state index in [2.05, 4.69) is 28.4 Å². The van der Waals surface area contributed by atoms with Crippen LogP contribution in [0.3, 0.4) is 0 Å². The Balaban J connectivity index is 1.79. The van der Waals surface area contributed by atoms with Gasteiger partial charge in [-0.25, -0.2) is 9.50 Å². The zero-order valence-electron chi connectivity index (χ0n) is 14.5. The molecule has 5 rings (SSSR count). The van der Waals surface area contributed by atoms with Crippen molar-refractivity contribution in [2.45, 2.75) is 6.42 Å². The maximum absolute atomic E-state index is 5.73. The Labute approximate surface area is 149 Å². The van der Waals surface area contributed by atoms with Crippen LogP contribution in [0.4, 0.5) is 0 Å². The third kappa shape index (κ3) is 2.24. The third-order valence-electron chi connectivity index (χ3n) is 4.61. The molecule has 1 aromatic carbocycles. The van der Waals surface area contributed by atoms with Gasteiger partial charge in [-0.3, -0.25) is 4.68 Å². The summed E-state index contributed by atoms with van der Waals surface area (Å²) in [6.45, 7) is 0.734. The first-order valence-corrected chi connectivity index (χ1v) is 8.42. The van der Waals surface area contributed by atoms with E-state index in [1.807, 2.05) is 31.6 Å². The molecule has 0 spiro atoms. The van der Waals surface area contributed by atoms with Crippen LogP contribution in [0.1, 0.15) is 5.56 Å². The van der Waals surface area contributed by atoms with E-state index < -0.39 is 0 Å². The van der Waals surface area contributed by atoms with Crippen LogP contribution in [-0.2, 0) is 13.5 Å². The van der Waals surface area contributed by atoms with E-state index >= 15 is 0 Å². The van der Waals surface area contributed by atoms with Crippen molar-refractivity contribution in [2.75, 3.05) is 13.7 Å². The number of benzene rings is 1. The summed E-state index contributed by atoms with van der Waals surface area (Å²) in [6.07, 6.45) is 4.73. The fraction of sp³-hybridized carbons (Fsp3) is 0.211. The third-order valence-corrected chi connectivity index (χ3v) is 4.61. The van der Waals surface area contributed by atoms with Gasteiger partial charge in [0.25, 0.3) is 0 Å². The SMILES string of the molecule is COc1ccc2nc(-c3ccc4c(c3)OCC4)c(-c3cnn(C)c3)n2n1. The van der Waals surface area contributed by atoms with Gasteiger partial charge in [0.05, 0.1) is 25.6 Å². The highest BCUT2D eigenvalue weighted by Gasteiger charge is 2.21. The molecular weight excluding hydrogens is 330 g/mol. The molecule has 1 aliphatic rings. The van der Waals surface area contributed by atoms with Crippen LogP contribution in [0.25, 0.3) is 28.2 Å². The van der Waals surface area contributed by atoms with Crippen molar-refractivity contribution in [3.63, 3.8) is 0 Å². The molecule has 0 bridgehead atoms. The van der Waals surface area contributed by atoms with Gasteiger partial charge in [-0.2, -0.15) is 5.10 Å². The molecule has 7 heteroatoms. The van der Waals surface area contributed by atoms with Crippen molar-refractivity contribution in [1.82, 2.24) is 24.4 Å². The molecule has 0 amide bonds. The lowest BCUT2D eigenvalue weighted by molar-refractivity contribution is 0.357. The molecule has 0 saturated heterocycles. The van der Waals surface area contributed by atoms with Crippen LogP contribution < -0.4 is 9.47 Å². The largest absolute Gasteiger partial charge is 0.493 e. The van der Waals surface area contributed by atoms with Crippen molar-refractivity contribution < 1.29 is 9.47 Å². The molecule has 1 aliphatic heterocycles. The predicted molar refractivity (Wildman–Crippen MR) is 96.4 cm³/mol. The van der Waals surface area contributed by atoms with Crippen LogP contribution in [-0.4, -0.2) is 38.1 Å². The summed E-state index contributed by atoms with van der Waals surface area (Å²) in [6, 6.07) is 9.97. The highest BCUT2D eigenvalue weighted by atomic mass is 16.5. The molecule has 4 aromatic rings. The highest BCUT2D eigenvalue weighted by molar-refractivity contribution is 5.82. The zero-order valence-corrected chi connectivity index (χ0v) is 14.5. The Hall–Kier alpha value is -3.35. The van der Waals surface area contributed by atoms with Crippen molar-refractivity contribution in [3.05, 3.63) is 48.3 Å². The lowest BCUT2D eigenvalue weighted by Gasteiger charge is -2.05. The molecule has 0 aliphatic carbocycles. The first-order valence-electron chi connectivity index (χ1n) is 8.42. The minimum absolute atomic E-state index is 0.531. The number of hydrogen-bond donors (Lipinski definition) is 0. The number of aromatic nitrogens is 5. The first kappa shape index (κ1) is 14.9. The minimum atomic E-state index is 0.531. The second-order valence-corrected chi connectivity index (χ2v) is 6.28. The van der Waals surface area contributed by atoms with Crippen LogP contribution >= 0.6 is 0 Å². The standard InChI is InChI=1S/C19H17N5O2/c1-23-11-14(10-20-23)19-18(13-4-3-12-7-8-26-15(12)9-13)21-16-5-6-17(25-2)22-24(16)19/h3-6,9-11H,7-8H2,1-2H3. The van der Waals surface area contributed by atoms with Crippen LogP contribution in [0, 0.1) is 0 Å². The highest BCUT2D eigenvalue weighted by Crippen LogP contribution is 2.36. The average Bonchev–Trinajstić information content (AvgIpc) is 3.37. The molecule has 0 saturated carbocycles. The fourth-order valence-electron chi connectivity index (χ4n) is 3.34. The zero-order chi connectivity index (χ0) is 17.7. The number of ether oxygens (including phenoxy) is 2. The average molecular weight is 347 g/mol. The van der Waals surface area contributed by atoms with E-state index in [4.69, 9.17) is 14.5 Å². The monoisotopic (exact) mass is 347 g/mol. The van der Waals surface area contributed by atoms with Crippen LogP contribution in [0.15, 0.2) is 42.7 Å². The summed E-state index contributed by atoms with van der Waals surface area (Å²) in [5.74, 6) is 1.46. The Morgan fingerprint density at radius 2 is 2.08 bits per heavy atom. The van der Waals surface area contributed by atoms with Gasteiger partial charge in [0.15, 0.2) is 5.65 Å². The number of imidazole rings is 1. The topological polar surface area (TPSA) is 66.5 Å². The number of rotatable bonds is 3. The molecule has 0 unspecified atom stereocenters. The van der Waals surface area contributed by atoms with E-state index in [9.17, 15) is 0 Å². The summed E-state index contributed by atoms with van der Waals surface area (Å²) < 4.78 is 14.6. The summed E-state index contributed by atoms with van der Waals surface area (Å²) in [5, 5.41) is 8.87. The Morgan fingerprint density at radius 1 is 1.15 bits per heavy atom. The minimum Gasteiger partial charge on any atom is -0.493 e. The smallest absolute Gasteiger partial charge is 0.231 e. The van der Waals surface area contributed by atoms with Gasteiger partial charge >= 0.3 is 0 Å². The molecular formula is C19H17N5O2. The summed E-state index contributed by atoms with van der Waals surface area (Å²) in [4.78, 5) is 4.82. The van der Waals surface area contributed by atoms with E-state index in [1.165, 1.54) is 5.56 Å². The van der Waals surface area contributed by atoms with Gasteiger partial charge in [-0.05, 0) is 17.7 Å². The maximum Gasteiger partial charge on any atom is 0.231 e. The van der Waals surface area contributed by atoms with Crippen molar-refractivity contribution >= 4 is 5.65 Å². The van der Waals surface area contributed by atoms with Crippen molar-refractivity contribution in [2.24, 2.45) is 7.05 Å². The van der Waals surface area contributed by atoms with E-state index in [1.54, 1.807) is 16.3 Å². The molecule has 130 valence electrons. The van der Waals surface area contributed by atoms with Crippen LogP contribution in [0.5, 0.6) is 11.6 Å². The van der Waals surface area contributed by atoms with E-state index in [0.29, 0.717) is 5.88 Å². The summed E-state index contributed by atoms with van der Waals surface area (Å²) in [5.41, 5.74) is 5.65. The molecule has 4 heterocycles. The molecule has 0 N–H and O–H groups in total. The van der Waals surface area contributed by atoms with E-state index in [-0.39, 0.29) is 0 Å². The molecule has 3 aromatic heterocycles. The Kier molecular flexibility index (Phi) is 3.21. The lowest BCUT2D eigenvalue weighted by Crippen LogP contribution is -1.97. The molecule has 0 radical (unpaired) electrons. The van der Waals surface area contributed by atoms with Crippen molar-refractivity contribution in [3.8, 4) is 34.1 Å². The summed E-state index contributed by atoms with van der Waals surface area (Å²) >= 11 is 0. The molecule has 26 heavy (non-hydrogen) atoms. The number of hydrogen-bond acceptors (Lipinski definition) is 5. The Bertz CT molecular complexity index is 1130. The first-order chi connectivity index (χ1) is 12.7. The summed E-state index contributed by atoms with van der Waals surface area (Å²) in [7, 11) is 3.50. The molecule has 0 fully saturated rings. The van der Waals surface area contributed by atoms with Gasteiger partial charge in [-0.1, -0.05) is 12.1 Å². The fourth-order valence-corrected chi connectivity index (χ4v) is 3.34. The molecule has 0 atom stereocenters. The number of fused-ring (bicyclic) bond motifs is 2. The van der Waals surface area contributed by atoms with Gasteiger partial charge in [0, 0.05) is 36.9 Å².